The Labute approximate surface area is 200 Å². The zero-order valence-corrected chi connectivity index (χ0v) is 19.4. The maximum atomic E-state index is 13.3. The molecule has 0 radical (unpaired) electrons. The number of carboxylic acid groups (broad SMARTS) is 1. The van der Waals surface area contributed by atoms with Crippen molar-refractivity contribution in [2.24, 2.45) is 7.05 Å². The number of hydrogen-bond acceptors (Lipinski definition) is 6. The molecule has 0 fully saturated rings. The zero-order valence-electron chi connectivity index (χ0n) is 18.6. The smallest absolute Gasteiger partial charge is 0.356 e. The van der Waals surface area contributed by atoms with Crippen molar-refractivity contribution in [1.29, 1.82) is 0 Å². The van der Waals surface area contributed by atoms with Crippen molar-refractivity contribution < 1.29 is 9.90 Å². The average molecular weight is 476 g/mol. The zero-order chi connectivity index (χ0) is 24.0. The summed E-state index contributed by atoms with van der Waals surface area (Å²) in [4.78, 5) is 35.9. The second-order valence-corrected chi connectivity index (χ2v) is 8.73. The number of para-hydroxylation sites is 1. The van der Waals surface area contributed by atoms with Crippen LogP contribution in [0.3, 0.4) is 0 Å². The van der Waals surface area contributed by atoms with E-state index in [2.05, 4.69) is 27.3 Å². The predicted molar refractivity (Wildman–Crippen MR) is 132 cm³/mol. The largest absolute Gasteiger partial charge is 0.476 e. The highest BCUT2D eigenvalue weighted by Crippen LogP contribution is 2.30. The molecule has 172 valence electrons. The maximum Gasteiger partial charge on any atom is 0.356 e. The minimum atomic E-state index is -1.18. The fourth-order valence-electron chi connectivity index (χ4n) is 4.44. The number of rotatable bonds is 5. The van der Waals surface area contributed by atoms with Crippen LogP contribution in [0.4, 0.5) is 11.6 Å². The van der Waals surface area contributed by atoms with Gasteiger partial charge in [-0.15, -0.1) is 0 Å². The Balaban J connectivity index is 1.57. The van der Waals surface area contributed by atoms with Crippen LogP contribution < -0.4 is 15.8 Å². The van der Waals surface area contributed by atoms with Crippen LogP contribution in [0.25, 0.3) is 10.9 Å². The van der Waals surface area contributed by atoms with Crippen molar-refractivity contribution in [3.63, 3.8) is 0 Å². The third-order valence-electron chi connectivity index (χ3n) is 6.14. The summed E-state index contributed by atoms with van der Waals surface area (Å²) in [5.41, 5.74) is 3.83. The van der Waals surface area contributed by atoms with Gasteiger partial charge in [-0.25, -0.2) is 14.8 Å². The molecular weight excluding hydrogens is 454 g/mol. The van der Waals surface area contributed by atoms with Gasteiger partial charge in [0, 0.05) is 25.7 Å². The van der Waals surface area contributed by atoms with Crippen molar-refractivity contribution in [1.82, 2.24) is 14.5 Å². The molecule has 0 amide bonds. The predicted octanol–water partition coefficient (Wildman–Crippen LogP) is 4.37. The van der Waals surface area contributed by atoms with E-state index in [4.69, 9.17) is 16.6 Å². The summed E-state index contributed by atoms with van der Waals surface area (Å²) >= 11 is 5.88. The molecule has 5 rings (SSSR count). The first-order valence-electron chi connectivity index (χ1n) is 10.8. The van der Waals surface area contributed by atoms with E-state index in [0.29, 0.717) is 35.6 Å². The van der Waals surface area contributed by atoms with Gasteiger partial charge in [0.25, 0.3) is 5.56 Å². The van der Waals surface area contributed by atoms with Crippen LogP contribution >= 0.6 is 11.6 Å². The van der Waals surface area contributed by atoms with Crippen LogP contribution in [-0.2, 0) is 20.1 Å². The van der Waals surface area contributed by atoms with Gasteiger partial charge < -0.3 is 15.3 Å². The molecule has 9 heteroatoms. The molecule has 1 atom stereocenters. The summed E-state index contributed by atoms with van der Waals surface area (Å²) in [5.74, 6) is -0.592. The first kappa shape index (κ1) is 21.9. The number of pyridine rings is 1. The third kappa shape index (κ3) is 3.76. The van der Waals surface area contributed by atoms with Crippen molar-refractivity contribution in [3.05, 3.63) is 92.5 Å². The van der Waals surface area contributed by atoms with Crippen LogP contribution in [0.1, 0.15) is 40.1 Å². The Morgan fingerprint density at radius 3 is 2.44 bits per heavy atom. The summed E-state index contributed by atoms with van der Waals surface area (Å²) in [6.45, 7) is 3.24. The number of carboxylic acids is 1. The van der Waals surface area contributed by atoms with Gasteiger partial charge in [0.15, 0.2) is 5.69 Å². The highest BCUT2D eigenvalue weighted by molar-refractivity contribution is 6.29. The number of halogens is 1. The maximum absolute atomic E-state index is 13.3. The number of anilines is 2. The lowest BCUT2D eigenvalue weighted by molar-refractivity contribution is 0.0691. The summed E-state index contributed by atoms with van der Waals surface area (Å²) in [6.07, 6.45) is 0. The Morgan fingerprint density at radius 2 is 1.76 bits per heavy atom. The number of nitrogens with zero attached hydrogens (tertiary/aromatic N) is 4. The fourth-order valence-corrected chi connectivity index (χ4v) is 4.59. The molecule has 1 aliphatic rings. The van der Waals surface area contributed by atoms with E-state index in [9.17, 15) is 14.7 Å². The van der Waals surface area contributed by atoms with E-state index in [1.165, 1.54) is 17.2 Å². The number of aromatic nitrogens is 3. The SMILES string of the molecule is C[C@@H](Nc1ccc(Cl)nc1C(=O)O)c1cccc2c(=O)n(C)c(N3Cc4ccccc4C3)nc12. The Morgan fingerprint density at radius 1 is 1.06 bits per heavy atom. The van der Waals surface area contributed by atoms with Gasteiger partial charge in [-0.3, -0.25) is 9.36 Å². The van der Waals surface area contributed by atoms with Crippen molar-refractivity contribution in [2.45, 2.75) is 26.1 Å². The molecule has 0 bridgehead atoms. The van der Waals surface area contributed by atoms with Crippen LogP contribution in [-0.4, -0.2) is 25.6 Å². The minimum Gasteiger partial charge on any atom is -0.476 e. The number of fused-ring (bicyclic) bond motifs is 2. The lowest BCUT2D eigenvalue weighted by Gasteiger charge is -2.22. The van der Waals surface area contributed by atoms with Gasteiger partial charge in [0.1, 0.15) is 5.15 Å². The van der Waals surface area contributed by atoms with Gasteiger partial charge in [-0.1, -0.05) is 48.0 Å². The summed E-state index contributed by atoms with van der Waals surface area (Å²) in [7, 11) is 1.74. The van der Waals surface area contributed by atoms with Crippen molar-refractivity contribution in [3.8, 4) is 0 Å². The molecule has 3 heterocycles. The van der Waals surface area contributed by atoms with Gasteiger partial charge in [0.05, 0.1) is 22.6 Å². The Bertz CT molecular complexity index is 1480. The number of carbonyl (C=O) groups is 1. The Kier molecular flexibility index (Phi) is 5.45. The van der Waals surface area contributed by atoms with E-state index < -0.39 is 5.97 Å². The van der Waals surface area contributed by atoms with E-state index in [0.717, 1.165) is 5.56 Å². The number of benzene rings is 2. The molecule has 2 aromatic carbocycles. The normalized spacial score (nSPS) is 13.7. The van der Waals surface area contributed by atoms with Crippen LogP contribution in [0.5, 0.6) is 0 Å². The van der Waals surface area contributed by atoms with Crippen LogP contribution in [0.2, 0.25) is 5.15 Å². The molecule has 8 nitrogen and oxygen atoms in total. The highest BCUT2D eigenvalue weighted by Gasteiger charge is 2.24. The second kappa shape index (κ2) is 8.46. The second-order valence-electron chi connectivity index (χ2n) is 8.35. The quantitative estimate of drug-likeness (QED) is 0.413. The summed E-state index contributed by atoms with van der Waals surface area (Å²) in [5, 5.41) is 13.3. The number of aromatic carboxylic acids is 1. The van der Waals surface area contributed by atoms with Crippen LogP contribution in [0.15, 0.2) is 59.4 Å². The number of hydrogen-bond donors (Lipinski definition) is 2. The van der Waals surface area contributed by atoms with E-state index >= 15 is 0 Å². The minimum absolute atomic E-state index is 0.0992. The average Bonchev–Trinajstić information content (AvgIpc) is 3.26. The summed E-state index contributed by atoms with van der Waals surface area (Å²) in [6, 6.07) is 16.4. The van der Waals surface area contributed by atoms with E-state index in [1.807, 2.05) is 31.2 Å². The topological polar surface area (TPSA) is 100 Å². The van der Waals surface area contributed by atoms with Crippen molar-refractivity contribution in [2.75, 3.05) is 10.2 Å². The molecule has 1 aliphatic heterocycles. The molecule has 0 unspecified atom stereocenters. The molecule has 0 aliphatic carbocycles. The first-order chi connectivity index (χ1) is 16.3. The molecule has 4 aromatic rings. The molecule has 0 saturated carbocycles. The van der Waals surface area contributed by atoms with Crippen LogP contribution in [0, 0.1) is 0 Å². The summed E-state index contributed by atoms with van der Waals surface area (Å²) < 4.78 is 1.59. The molecule has 34 heavy (non-hydrogen) atoms. The molecule has 0 spiro atoms. The van der Waals surface area contributed by atoms with Crippen molar-refractivity contribution >= 4 is 40.1 Å². The molecule has 2 N–H and O–H groups in total. The van der Waals surface area contributed by atoms with E-state index in [-0.39, 0.29) is 22.4 Å². The standard InChI is InChI=1S/C25H22ClN5O3/c1-14(27-19-10-11-20(26)28-22(19)24(33)34)17-8-5-9-18-21(17)29-25(30(2)23(18)32)31-12-15-6-3-4-7-16(15)13-31/h3-11,14,27H,12-13H2,1-2H3,(H,33,34)/t14-/m1/s1. The lowest BCUT2D eigenvalue weighted by Crippen LogP contribution is -2.28. The van der Waals surface area contributed by atoms with Gasteiger partial charge in [-0.05, 0) is 36.2 Å². The molecule has 0 saturated heterocycles. The lowest BCUT2D eigenvalue weighted by atomic mass is 10.0. The Hall–Kier alpha value is -3.91. The highest BCUT2D eigenvalue weighted by atomic mass is 35.5. The monoisotopic (exact) mass is 475 g/mol. The number of nitrogens with one attached hydrogen (secondary N) is 1. The van der Waals surface area contributed by atoms with Gasteiger partial charge in [0.2, 0.25) is 5.95 Å². The van der Waals surface area contributed by atoms with Gasteiger partial charge in [-0.2, -0.15) is 0 Å². The fraction of sp³-hybridized carbons (Fsp3) is 0.200. The first-order valence-corrected chi connectivity index (χ1v) is 11.2. The van der Waals surface area contributed by atoms with Gasteiger partial charge >= 0.3 is 5.97 Å². The molecule has 2 aromatic heterocycles. The third-order valence-corrected chi connectivity index (χ3v) is 6.35. The molecular formula is C25H22ClN5O3. The van der Waals surface area contributed by atoms with E-state index in [1.54, 1.807) is 23.7 Å².